The number of ether oxygens (including phenoxy) is 1. The number of piperazine rings is 1. The lowest BCUT2D eigenvalue weighted by Gasteiger charge is -2.47. The first-order valence-electron chi connectivity index (χ1n) is 9.85. The van der Waals surface area contributed by atoms with Gasteiger partial charge in [0.05, 0.1) is 12.2 Å². The number of pyridine rings is 1. The molecule has 0 amide bonds. The molecule has 2 atom stereocenters. The molecule has 152 valence electrons. The third-order valence-electron chi connectivity index (χ3n) is 5.55. The van der Waals surface area contributed by atoms with E-state index in [-0.39, 0.29) is 6.61 Å². The van der Waals surface area contributed by atoms with Crippen molar-refractivity contribution in [3.63, 3.8) is 0 Å². The Morgan fingerprint density at radius 1 is 1.20 bits per heavy atom. The number of nitrogens with zero attached hydrogens (tertiary/aromatic N) is 4. The summed E-state index contributed by atoms with van der Waals surface area (Å²) < 4.78 is 12.3. The number of benzene rings is 1. The standard InChI is InChI=1S/C21H19N5O3S/c27-11-12-1-4-17(23-8-12)28-16-3-2-15(20-22-5-6-30-20)19-18(16)25-21(29-19)26-9-13-7-14(10-26)24-13/h1-6,8,13-14,24,27H,7,9-11H2. The van der Waals surface area contributed by atoms with Gasteiger partial charge in [0.1, 0.15) is 5.01 Å². The number of anilines is 1. The lowest BCUT2D eigenvalue weighted by atomic mass is 9.92. The maximum Gasteiger partial charge on any atom is 0.298 e. The van der Waals surface area contributed by atoms with E-state index in [0.717, 1.165) is 29.2 Å². The molecule has 2 unspecified atom stereocenters. The van der Waals surface area contributed by atoms with Crippen LogP contribution in [-0.2, 0) is 6.61 Å². The topological polar surface area (TPSA) is 96.5 Å². The molecule has 0 saturated carbocycles. The molecule has 0 radical (unpaired) electrons. The number of fused-ring (bicyclic) bond motifs is 3. The van der Waals surface area contributed by atoms with Crippen molar-refractivity contribution in [2.45, 2.75) is 25.1 Å². The van der Waals surface area contributed by atoms with Gasteiger partial charge in [0.15, 0.2) is 16.8 Å². The second-order valence-corrected chi connectivity index (χ2v) is 8.48. The van der Waals surface area contributed by atoms with Gasteiger partial charge in [-0.2, -0.15) is 4.98 Å². The molecular weight excluding hydrogens is 402 g/mol. The summed E-state index contributed by atoms with van der Waals surface area (Å²) >= 11 is 1.56. The van der Waals surface area contributed by atoms with E-state index in [2.05, 4.69) is 20.2 Å². The van der Waals surface area contributed by atoms with Crippen molar-refractivity contribution < 1.29 is 14.3 Å². The van der Waals surface area contributed by atoms with Crippen LogP contribution in [0.25, 0.3) is 21.7 Å². The van der Waals surface area contributed by atoms with Gasteiger partial charge in [-0.3, -0.25) is 0 Å². The highest BCUT2D eigenvalue weighted by Gasteiger charge is 2.38. The van der Waals surface area contributed by atoms with Crippen molar-refractivity contribution in [1.29, 1.82) is 0 Å². The predicted octanol–water partition coefficient (Wildman–Crippen LogP) is 3.18. The van der Waals surface area contributed by atoms with Crippen LogP contribution < -0.4 is 15.0 Å². The molecule has 3 aromatic heterocycles. The number of aliphatic hydroxyl groups is 1. The molecule has 6 heterocycles. The van der Waals surface area contributed by atoms with Crippen molar-refractivity contribution in [2.24, 2.45) is 0 Å². The van der Waals surface area contributed by atoms with E-state index in [1.54, 1.807) is 35.9 Å². The van der Waals surface area contributed by atoms with Crippen molar-refractivity contribution in [3.8, 4) is 22.2 Å². The summed E-state index contributed by atoms with van der Waals surface area (Å²) in [7, 11) is 0. The van der Waals surface area contributed by atoms with Gasteiger partial charge < -0.3 is 24.5 Å². The highest BCUT2D eigenvalue weighted by Crippen LogP contribution is 2.39. The fraction of sp³-hybridized carbons (Fsp3) is 0.286. The van der Waals surface area contributed by atoms with Gasteiger partial charge >= 0.3 is 0 Å². The maximum atomic E-state index is 9.21. The molecule has 2 N–H and O–H groups in total. The molecule has 0 spiro atoms. The minimum atomic E-state index is -0.0562. The van der Waals surface area contributed by atoms with Gasteiger partial charge in [-0.15, -0.1) is 11.3 Å². The summed E-state index contributed by atoms with van der Waals surface area (Å²) in [4.78, 5) is 15.7. The Morgan fingerprint density at radius 3 is 2.77 bits per heavy atom. The Morgan fingerprint density at radius 2 is 2.07 bits per heavy atom. The van der Waals surface area contributed by atoms with Gasteiger partial charge in [-0.05, 0) is 30.2 Å². The smallest absolute Gasteiger partial charge is 0.298 e. The summed E-state index contributed by atoms with van der Waals surface area (Å²) in [5, 5.41) is 15.6. The molecule has 3 aliphatic heterocycles. The molecule has 0 aliphatic carbocycles. The average molecular weight is 421 g/mol. The third-order valence-corrected chi connectivity index (χ3v) is 6.35. The van der Waals surface area contributed by atoms with Crippen LogP contribution in [0.3, 0.4) is 0 Å². The SMILES string of the molecule is OCc1ccc(Oc2ccc(-c3nccs3)c3oc(N4CC5CC(C4)N5)nc23)nc1. The van der Waals surface area contributed by atoms with Crippen molar-refractivity contribution >= 4 is 28.5 Å². The molecule has 9 heteroatoms. The number of piperidine rings is 1. The van der Waals surface area contributed by atoms with Crippen LogP contribution in [0.2, 0.25) is 0 Å². The monoisotopic (exact) mass is 421 g/mol. The van der Waals surface area contributed by atoms with E-state index in [1.807, 2.05) is 17.5 Å². The number of aromatic nitrogens is 3. The normalized spacial score (nSPS) is 20.4. The lowest BCUT2D eigenvalue weighted by Crippen LogP contribution is -2.67. The second-order valence-electron chi connectivity index (χ2n) is 7.59. The molecule has 1 aromatic carbocycles. The summed E-state index contributed by atoms with van der Waals surface area (Å²) in [6.45, 7) is 1.71. The Balaban J connectivity index is 1.42. The average Bonchev–Trinajstić information content (AvgIpc) is 3.45. The highest BCUT2D eigenvalue weighted by molar-refractivity contribution is 7.13. The van der Waals surface area contributed by atoms with Crippen LogP contribution in [0, 0.1) is 0 Å². The van der Waals surface area contributed by atoms with Gasteiger partial charge in [0.25, 0.3) is 6.01 Å². The number of rotatable bonds is 5. The molecule has 8 nitrogen and oxygen atoms in total. The van der Waals surface area contributed by atoms with E-state index in [9.17, 15) is 5.11 Å². The Labute approximate surface area is 176 Å². The van der Waals surface area contributed by atoms with Gasteiger partial charge in [-0.25, -0.2) is 9.97 Å². The van der Waals surface area contributed by atoms with Crippen LogP contribution in [0.15, 0.2) is 46.5 Å². The van der Waals surface area contributed by atoms with Gasteiger partial charge in [-0.1, -0.05) is 0 Å². The molecule has 30 heavy (non-hydrogen) atoms. The zero-order valence-electron chi connectivity index (χ0n) is 16.0. The quantitative estimate of drug-likeness (QED) is 0.507. The minimum Gasteiger partial charge on any atom is -0.437 e. The predicted molar refractivity (Wildman–Crippen MR) is 113 cm³/mol. The fourth-order valence-electron chi connectivity index (χ4n) is 4.06. The first-order valence-corrected chi connectivity index (χ1v) is 10.7. The van der Waals surface area contributed by atoms with Crippen LogP contribution in [0.1, 0.15) is 12.0 Å². The van der Waals surface area contributed by atoms with Crippen LogP contribution in [0.4, 0.5) is 6.01 Å². The van der Waals surface area contributed by atoms with E-state index >= 15 is 0 Å². The molecular formula is C21H19N5O3S. The lowest BCUT2D eigenvalue weighted by molar-refractivity contribution is 0.220. The zero-order valence-corrected chi connectivity index (χ0v) is 16.8. The largest absolute Gasteiger partial charge is 0.437 e. The van der Waals surface area contributed by atoms with E-state index < -0.39 is 0 Å². The van der Waals surface area contributed by atoms with E-state index in [0.29, 0.717) is 40.8 Å². The number of hydrogen-bond acceptors (Lipinski definition) is 9. The number of oxazole rings is 1. The third kappa shape index (κ3) is 3.02. The Bertz CT molecular complexity index is 1180. The number of thiazole rings is 1. The molecule has 4 aromatic rings. The maximum absolute atomic E-state index is 9.21. The van der Waals surface area contributed by atoms with Crippen LogP contribution >= 0.6 is 11.3 Å². The molecule has 2 bridgehead atoms. The second kappa shape index (κ2) is 7.05. The summed E-state index contributed by atoms with van der Waals surface area (Å²) in [5.41, 5.74) is 2.94. The number of hydrogen-bond donors (Lipinski definition) is 2. The molecule has 7 rings (SSSR count). The first kappa shape index (κ1) is 17.8. The highest BCUT2D eigenvalue weighted by atomic mass is 32.1. The molecule has 3 saturated heterocycles. The van der Waals surface area contributed by atoms with E-state index in [4.69, 9.17) is 14.1 Å². The summed E-state index contributed by atoms with van der Waals surface area (Å²) in [5.74, 6) is 1.01. The number of aliphatic hydroxyl groups excluding tert-OH is 1. The van der Waals surface area contributed by atoms with Gasteiger partial charge in [0, 0.05) is 49.0 Å². The fourth-order valence-corrected chi connectivity index (χ4v) is 4.72. The van der Waals surface area contributed by atoms with Crippen LogP contribution in [-0.4, -0.2) is 45.2 Å². The summed E-state index contributed by atoms with van der Waals surface area (Å²) in [6, 6.07) is 8.95. The van der Waals surface area contributed by atoms with Crippen molar-refractivity contribution in [3.05, 3.63) is 47.6 Å². The molecule has 3 fully saturated rings. The van der Waals surface area contributed by atoms with Crippen molar-refractivity contribution in [2.75, 3.05) is 18.0 Å². The number of nitrogens with one attached hydrogen (secondary N) is 1. The van der Waals surface area contributed by atoms with Gasteiger partial charge in [0.2, 0.25) is 5.88 Å². The summed E-state index contributed by atoms with van der Waals surface area (Å²) in [6.07, 6.45) is 4.59. The van der Waals surface area contributed by atoms with E-state index in [1.165, 1.54) is 6.42 Å². The van der Waals surface area contributed by atoms with Crippen LogP contribution in [0.5, 0.6) is 11.6 Å². The minimum absolute atomic E-state index is 0.0562. The van der Waals surface area contributed by atoms with Crippen molar-refractivity contribution in [1.82, 2.24) is 20.3 Å². The first-order chi connectivity index (χ1) is 14.8. The Kier molecular flexibility index (Phi) is 4.19. The Hall–Kier alpha value is -3.01. The molecule has 3 aliphatic rings. The zero-order chi connectivity index (χ0) is 20.1.